The SMILES string of the molecule is CCC[C@@H]1[C@@H]2CN(C(=O)CNC(=O)O[C@@H]3C[C@H]3CCCCC(F)(F)c3nc4ccc(OC)cc4nc3O2)[C@@H]1C(=O)/N=C/[C@]1(C(=O)NS(=O)(=O)C2(C)CC2)C[C@H]1C(F)F. The maximum Gasteiger partial charge on any atom is 0.407 e. The predicted octanol–water partition coefficient (Wildman–Crippen LogP) is 4.66. The van der Waals surface area contributed by atoms with Gasteiger partial charge in [-0.2, -0.15) is 8.78 Å². The van der Waals surface area contributed by atoms with Gasteiger partial charge in [0.05, 0.1) is 34.8 Å². The lowest BCUT2D eigenvalue weighted by atomic mass is 9.92. The highest BCUT2D eigenvalue weighted by atomic mass is 32.2. The first-order valence-corrected chi connectivity index (χ1v) is 21.0. The number of rotatable bonds is 9. The van der Waals surface area contributed by atoms with Crippen LogP contribution < -0.4 is 19.5 Å². The summed E-state index contributed by atoms with van der Waals surface area (Å²) >= 11 is 0. The van der Waals surface area contributed by atoms with Crippen molar-refractivity contribution in [1.29, 1.82) is 0 Å². The first-order chi connectivity index (χ1) is 27.4. The molecule has 2 aliphatic heterocycles. The quantitative estimate of drug-likeness (QED) is 0.263. The fourth-order valence-corrected chi connectivity index (χ4v) is 9.28. The van der Waals surface area contributed by atoms with Crippen LogP contribution in [0.15, 0.2) is 23.2 Å². The van der Waals surface area contributed by atoms with E-state index in [2.05, 4.69) is 20.3 Å². The molecule has 0 unspecified atom stereocenters. The minimum Gasteiger partial charge on any atom is -0.497 e. The van der Waals surface area contributed by atoms with Crippen LogP contribution in [0, 0.1) is 23.2 Å². The van der Waals surface area contributed by atoms with Crippen molar-refractivity contribution in [1.82, 2.24) is 24.9 Å². The van der Waals surface area contributed by atoms with Crippen LogP contribution in [0.25, 0.3) is 11.0 Å². The highest BCUT2D eigenvalue weighted by Crippen LogP contribution is 2.55. The fraction of sp³-hybridized carbons (Fsp3) is 0.658. The van der Waals surface area contributed by atoms with Crippen molar-refractivity contribution in [2.24, 2.45) is 28.2 Å². The fourth-order valence-electron chi connectivity index (χ4n) is 7.96. The Balaban J connectivity index is 1.25. The molecule has 20 heteroatoms. The molecule has 1 aromatic carbocycles. The van der Waals surface area contributed by atoms with Gasteiger partial charge >= 0.3 is 6.09 Å². The van der Waals surface area contributed by atoms with Crippen molar-refractivity contribution in [3.8, 4) is 11.6 Å². The number of alkyl carbamates (subject to hydrolysis) is 1. The number of carbonyl (C=O) groups is 4. The second-order valence-corrected chi connectivity index (χ2v) is 18.4. The number of benzene rings is 1. The molecule has 1 saturated heterocycles. The van der Waals surface area contributed by atoms with Gasteiger partial charge in [-0.25, -0.2) is 37.0 Å². The minimum absolute atomic E-state index is 0.0317. The van der Waals surface area contributed by atoms with Crippen LogP contribution in [0.4, 0.5) is 22.4 Å². The summed E-state index contributed by atoms with van der Waals surface area (Å²) in [6.07, 6.45) is -3.22. The van der Waals surface area contributed by atoms with Crippen LogP contribution in [-0.4, -0.2) is 103 Å². The second kappa shape index (κ2) is 15.5. The van der Waals surface area contributed by atoms with E-state index in [4.69, 9.17) is 14.2 Å². The van der Waals surface area contributed by atoms with Gasteiger partial charge < -0.3 is 24.4 Å². The number of ether oxygens (including phenoxy) is 3. The van der Waals surface area contributed by atoms with Gasteiger partial charge in [0.15, 0.2) is 5.69 Å². The minimum atomic E-state index is -4.23. The highest BCUT2D eigenvalue weighted by molar-refractivity contribution is 7.91. The molecule has 316 valence electrons. The molecule has 2 N–H and O–H groups in total. The van der Waals surface area contributed by atoms with E-state index in [1.54, 1.807) is 13.0 Å². The number of sulfonamides is 1. The molecule has 0 spiro atoms. The predicted molar refractivity (Wildman–Crippen MR) is 198 cm³/mol. The topological polar surface area (TPSA) is 196 Å². The molecule has 15 nitrogen and oxygen atoms in total. The van der Waals surface area contributed by atoms with Crippen LogP contribution in [-0.2, 0) is 35.1 Å². The number of fused-ring (bicyclic) bond motifs is 5. The number of nitrogens with zero attached hydrogens (tertiary/aromatic N) is 4. The molecule has 7 rings (SSSR count). The zero-order chi connectivity index (χ0) is 41.8. The Morgan fingerprint density at radius 3 is 2.55 bits per heavy atom. The summed E-state index contributed by atoms with van der Waals surface area (Å²) in [6.45, 7) is 2.18. The number of hydrogen-bond donors (Lipinski definition) is 2. The number of amides is 4. The maximum atomic E-state index is 16.2. The second-order valence-electron chi connectivity index (χ2n) is 16.2. The third kappa shape index (κ3) is 8.16. The largest absolute Gasteiger partial charge is 0.497 e. The summed E-state index contributed by atoms with van der Waals surface area (Å²) in [7, 11) is -2.81. The molecule has 4 fully saturated rings. The molecule has 4 amide bonds. The van der Waals surface area contributed by atoms with Gasteiger partial charge in [-0.1, -0.05) is 19.8 Å². The molecule has 2 aromatic rings. The van der Waals surface area contributed by atoms with E-state index in [9.17, 15) is 36.4 Å². The van der Waals surface area contributed by atoms with E-state index in [0.29, 0.717) is 31.4 Å². The van der Waals surface area contributed by atoms with E-state index in [0.717, 1.165) is 11.1 Å². The smallest absolute Gasteiger partial charge is 0.407 e. The molecule has 1 aromatic heterocycles. The van der Waals surface area contributed by atoms with Crippen molar-refractivity contribution in [3.63, 3.8) is 0 Å². The molecular weight excluding hydrogens is 793 g/mol. The average molecular weight is 839 g/mol. The van der Waals surface area contributed by atoms with Gasteiger partial charge in [-0.3, -0.25) is 19.1 Å². The molecule has 5 aliphatic rings. The molecule has 3 aliphatic carbocycles. The lowest BCUT2D eigenvalue weighted by molar-refractivity contribution is -0.137. The summed E-state index contributed by atoms with van der Waals surface area (Å²) in [5.74, 6) is -9.40. The Morgan fingerprint density at radius 2 is 1.88 bits per heavy atom. The average Bonchev–Trinajstić information content (AvgIpc) is 4.12. The summed E-state index contributed by atoms with van der Waals surface area (Å²) in [5.41, 5.74) is -2.55. The normalized spacial score (nSPS) is 30.6. The van der Waals surface area contributed by atoms with Gasteiger partial charge in [-0.15, -0.1) is 0 Å². The third-order valence-electron chi connectivity index (χ3n) is 12.1. The summed E-state index contributed by atoms with van der Waals surface area (Å²) in [5, 5.41) is 2.41. The Bertz CT molecular complexity index is 2120. The number of carbonyl (C=O) groups excluding carboxylic acids is 4. The first kappa shape index (κ1) is 41.5. The number of aromatic nitrogens is 2. The lowest BCUT2D eigenvalue weighted by Crippen LogP contribution is -2.47. The van der Waals surface area contributed by atoms with Gasteiger partial charge in [0.1, 0.15) is 30.5 Å². The zero-order valence-corrected chi connectivity index (χ0v) is 33.0. The molecule has 3 saturated carbocycles. The van der Waals surface area contributed by atoms with E-state index in [-0.39, 0.29) is 49.2 Å². The van der Waals surface area contributed by atoms with E-state index in [1.807, 2.05) is 4.72 Å². The van der Waals surface area contributed by atoms with Crippen LogP contribution >= 0.6 is 0 Å². The van der Waals surface area contributed by atoms with Crippen LogP contribution in [0.3, 0.4) is 0 Å². The Hall–Kier alpha value is -4.62. The Morgan fingerprint density at radius 1 is 1.12 bits per heavy atom. The van der Waals surface area contributed by atoms with Gasteiger partial charge in [0.2, 0.25) is 34.1 Å². The lowest BCUT2D eigenvalue weighted by Gasteiger charge is -2.26. The van der Waals surface area contributed by atoms with Crippen molar-refractivity contribution >= 4 is 51.1 Å². The number of methoxy groups -OCH3 is 1. The van der Waals surface area contributed by atoms with Crippen molar-refractivity contribution in [2.45, 2.75) is 113 Å². The number of nitrogens with one attached hydrogen (secondary N) is 2. The number of alkyl halides is 4. The van der Waals surface area contributed by atoms with Crippen molar-refractivity contribution < 1.29 is 59.4 Å². The number of aliphatic imine (C=N–C) groups is 1. The van der Waals surface area contributed by atoms with Gasteiger partial charge in [0.25, 0.3) is 11.8 Å². The molecule has 0 radical (unpaired) electrons. The van der Waals surface area contributed by atoms with Crippen LogP contribution in [0.5, 0.6) is 11.6 Å². The van der Waals surface area contributed by atoms with E-state index in [1.165, 1.54) is 26.2 Å². The summed E-state index contributed by atoms with van der Waals surface area (Å²) < 4.78 is 104. The Labute approximate surface area is 332 Å². The van der Waals surface area contributed by atoms with Gasteiger partial charge in [0, 0.05) is 30.5 Å². The first-order valence-electron chi connectivity index (χ1n) is 19.5. The van der Waals surface area contributed by atoms with Crippen LogP contribution in [0.2, 0.25) is 0 Å². The van der Waals surface area contributed by atoms with E-state index >= 15 is 8.78 Å². The summed E-state index contributed by atoms with van der Waals surface area (Å²) in [4.78, 5) is 67.9. The molecular formula is C38H46F4N6O9S. The molecule has 58 heavy (non-hydrogen) atoms. The third-order valence-corrected chi connectivity index (χ3v) is 14.3. The molecule has 7 atom stereocenters. The maximum absolute atomic E-state index is 16.2. The number of halogens is 4. The monoisotopic (exact) mass is 838 g/mol. The van der Waals surface area contributed by atoms with Crippen molar-refractivity contribution in [3.05, 3.63) is 23.9 Å². The summed E-state index contributed by atoms with van der Waals surface area (Å²) in [6, 6.07) is 3.04. The Kier molecular flexibility index (Phi) is 11.1. The van der Waals surface area contributed by atoms with Gasteiger partial charge in [-0.05, 0) is 69.9 Å². The van der Waals surface area contributed by atoms with E-state index < -0.39 is 117 Å². The standard InChI is InChI=1S/C38H46F4N6O9S/c1-4-7-22-27-18-48(29(22)32(50)44-19-37(16-23(37)31(39)40)34(51)47-58(53,54)36(2)12-13-36)28(49)17-43-35(52)57-26-14-20(26)8-5-6-11-38(41,42)30-33(56-27)46-25-15-21(55-3)9-10-24(25)45-30/h9-10,15,19-20,22-23,26-27,29,31H,4-8,11-14,16-18H2,1-3H3,(H,43,52)(H,47,51)/b44-19+/t20-,22-,23+,26-,27+,29+,37-/m1/s1. The zero-order valence-electron chi connectivity index (χ0n) is 32.2. The van der Waals surface area contributed by atoms with Crippen molar-refractivity contribution in [2.75, 3.05) is 20.2 Å². The molecule has 3 heterocycles. The molecule has 2 bridgehead atoms. The highest BCUT2D eigenvalue weighted by Gasteiger charge is 2.65. The van der Waals surface area contributed by atoms with Crippen LogP contribution in [0.1, 0.15) is 83.7 Å². The number of hydrogen-bond acceptors (Lipinski definition) is 11.